The quantitative estimate of drug-likeness (QED) is 0.338. The van der Waals surface area contributed by atoms with E-state index in [4.69, 9.17) is 16.9 Å². The molecule has 0 saturated carbocycles. The maximum Gasteiger partial charge on any atom is 0.416 e. The molecule has 152 valence electrons. The van der Waals surface area contributed by atoms with E-state index >= 15 is 0 Å². The van der Waals surface area contributed by atoms with E-state index in [9.17, 15) is 18.0 Å². The fourth-order valence-electron chi connectivity index (χ4n) is 2.11. The molecule has 2 rings (SSSR count). The molecule has 0 aliphatic carbocycles. The number of carbonyl (C=O) groups is 1. The Labute approximate surface area is 161 Å². The predicted molar refractivity (Wildman–Crippen MR) is 102 cm³/mol. The molecular weight excluding hydrogens is 373 g/mol. The van der Waals surface area contributed by atoms with Gasteiger partial charge in [0.2, 0.25) is 0 Å². The van der Waals surface area contributed by atoms with Gasteiger partial charge in [0.15, 0.2) is 0 Å². The lowest BCUT2D eigenvalue weighted by molar-refractivity contribution is -0.142. The molecule has 9 heteroatoms. The first kappa shape index (κ1) is 23.0. The van der Waals surface area contributed by atoms with E-state index in [1.165, 1.54) is 12.1 Å². The van der Waals surface area contributed by atoms with Gasteiger partial charge in [-0.15, -0.1) is 0 Å². The molecule has 0 amide bonds. The summed E-state index contributed by atoms with van der Waals surface area (Å²) in [7, 11) is 0. The zero-order valence-corrected chi connectivity index (χ0v) is 15.3. The van der Waals surface area contributed by atoms with Gasteiger partial charge in [-0.2, -0.15) is 13.2 Å². The highest BCUT2D eigenvalue weighted by Crippen LogP contribution is 2.31. The van der Waals surface area contributed by atoms with Gasteiger partial charge < -0.3 is 21.5 Å². The van der Waals surface area contributed by atoms with Crippen molar-refractivity contribution in [3.05, 3.63) is 59.7 Å². The van der Waals surface area contributed by atoms with E-state index in [0.717, 1.165) is 12.1 Å². The van der Waals surface area contributed by atoms with Crippen LogP contribution in [0.3, 0.4) is 0 Å². The Morgan fingerprint density at radius 3 is 2.43 bits per heavy atom. The van der Waals surface area contributed by atoms with Gasteiger partial charge in [0.25, 0.3) is 0 Å². The van der Waals surface area contributed by atoms with E-state index in [-0.39, 0.29) is 17.5 Å². The fraction of sp³-hybridized carbons (Fsp3) is 0.263. The van der Waals surface area contributed by atoms with Gasteiger partial charge >= 0.3 is 12.1 Å². The van der Waals surface area contributed by atoms with Crippen LogP contribution in [-0.4, -0.2) is 25.0 Å². The summed E-state index contributed by atoms with van der Waals surface area (Å²) in [5, 5.41) is 10.3. The Bertz CT molecular complexity index is 787. The molecule has 0 saturated heterocycles. The van der Waals surface area contributed by atoms with Crippen LogP contribution in [-0.2, 0) is 15.7 Å². The largest absolute Gasteiger partial charge is 0.466 e. The fourth-order valence-corrected chi connectivity index (χ4v) is 2.11. The second-order valence-corrected chi connectivity index (χ2v) is 5.51. The molecule has 0 aliphatic heterocycles. The van der Waals surface area contributed by atoms with E-state index < -0.39 is 11.7 Å². The maximum atomic E-state index is 12.6. The summed E-state index contributed by atoms with van der Waals surface area (Å²) in [6.45, 7) is 2.59. The van der Waals surface area contributed by atoms with Crippen LogP contribution in [0.15, 0.2) is 48.5 Å². The average molecular weight is 396 g/mol. The van der Waals surface area contributed by atoms with Gasteiger partial charge in [0.1, 0.15) is 5.84 Å². The van der Waals surface area contributed by atoms with Crippen molar-refractivity contribution in [1.29, 1.82) is 5.41 Å². The standard InChI is InChI=1S/C14H12F3N3.C5H11NO2/c15-14(16,17)9-4-3-5-10(8-9)20-12-7-2-1-6-11(12)13(18)19;1-2-8-5(7)3-4-6/h1-8,20H,(H3,18,19);2-4,6H2,1H3. The van der Waals surface area contributed by atoms with Crippen molar-refractivity contribution in [3.63, 3.8) is 0 Å². The summed E-state index contributed by atoms with van der Waals surface area (Å²) in [6.07, 6.45) is -4.06. The second kappa shape index (κ2) is 10.9. The number of carbonyl (C=O) groups excluding carboxylic acids is 1. The minimum absolute atomic E-state index is 0.153. The van der Waals surface area contributed by atoms with Gasteiger partial charge in [0, 0.05) is 23.5 Å². The van der Waals surface area contributed by atoms with Crippen LogP contribution in [0.4, 0.5) is 24.5 Å². The van der Waals surface area contributed by atoms with Gasteiger partial charge in [-0.1, -0.05) is 18.2 Å². The minimum Gasteiger partial charge on any atom is -0.466 e. The number of esters is 1. The van der Waals surface area contributed by atoms with Crippen molar-refractivity contribution >= 4 is 23.2 Å². The summed E-state index contributed by atoms with van der Waals surface area (Å²) < 4.78 is 42.5. The number of nitrogens with two attached hydrogens (primary N) is 2. The summed E-state index contributed by atoms with van der Waals surface area (Å²) in [5.74, 6) is -0.366. The number of nitrogen functional groups attached to an aromatic ring is 1. The van der Waals surface area contributed by atoms with Crippen molar-refractivity contribution in [3.8, 4) is 0 Å². The number of ether oxygens (including phenoxy) is 1. The van der Waals surface area contributed by atoms with Crippen LogP contribution < -0.4 is 16.8 Å². The highest BCUT2D eigenvalue weighted by atomic mass is 19.4. The number of anilines is 2. The minimum atomic E-state index is -4.39. The molecule has 0 radical (unpaired) electrons. The molecule has 0 unspecified atom stereocenters. The van der Waals surface area contributed by atoms with Crippen LogP contribution >= 0.6 is 0 Å². The number of benzene rings is 2. The number of rotatable bonds is 6. The smallest absolute Gasteiger partial charge is 0.416 e. The number of nitrogens with one attached hydrogen (secondary N) is 2. The summed E-state index contributed by atoms with van der Waals surface area (Å²) in [6, 6.07) is 11.5. The molecule has 0 aromatic heterocycles. The first-order valence-electron chi connectivity index (χ1n) is 8.42. The summed E-state index contributed by atoms with van der Waals surface area (Å²) in [5.41, 5.74) is 11.0. The van der Waals surface area contributed by atoms with E-state index in [1.54, 1.807) is 31.2 Å². The van der Waals surface area contributed by atoms with Crippen LogP contribution in [0, 0.1) is 5.41 Å². The molecule has 0 atom stereocenters. The Kier molecular flexibility index (Phi) is 8.97. The van der Waals surface area contributed by atoms with E-state index in [2.05, 4.69) is 10.1 Å². The molecule has 0 spiro atoms. The first-order valence-corrected chi connectivity index (χ1v) is 8.42. The third kappa shape index (κ3) is 7.67. The molecule has 2 aromatic rings. The summed E-state index contributed by atoms with van der Waals surface area (Å²) >= 11 is 0. The van der Waals surface area contributed by atoms with Gasteiger partial charge in [-0.25, -0.2) is 0 Å². The Morgan fingerprint density at radius 2 is 1.86 bits per heavy atom. The normalized spacial score (nSPS) is 10.5. The number of hydrogen-bond acceptors (Lipinski definition) is 5. The van der Waals surface area contributed by atoms with Crippen molar-refractivity contribution in [2.24, 2.45) is 11.5 Å². The average Bonchev–Trinajstić information content (AvgIpc) is 2.62. The zero-order valence-electron chi connectivity index (χ0n) is 15.3. The molecule has 6 nitrogen and oxygen atoms in total. The monoisotopic (exact) mass is 396 g/mol. The molecular formula is C19H23F3N4O2. The molecule has 0 fully saturated rings. The Balaban J connectivity index is 0.000000416. The van der Waals surface area contributed by atoms with Crippen LogP contribution in [0.2, 0.25) is 0 Å². The van der Waals surface area contributed by atoms with Gasteiger partial charge in [0.05, 0.1) is 18.6 Å². The molecule has 0 heterocycles. The number of halogens is 3. The van der Waals surface area contributed by atoms with Crippen molar-refractivity contribution in [2.45, 2.75) is 19.5 Å². The first-order chi connectivity index (χ1) is 13.2. The Hall–Kier alpha value is -3.07. The molecule has 28 heavy (non-hydrogen) atoms. The lowest BCUT2D eigenvalue weighted by atomic mass is 10.1. The number of para-hydroxylation sites is 1. The van der Waals surface area contributed by atoms with Gasteiger partial charge in [-0.05, 0) is 37.3 Å². The van der Waals surface area contributed by atoms with Crippen molar-refractivity contribution in [2.75, 3.05) is 18.5 Å². The molecule has 0 bridgehead atoms. The number of alkyl halides is 3. The predicted octanol–water partition coefficient (Wildman–Crippen LogP) is 3.63. The SMILES string of the molecule is CCOC(=O)CCN.N=C(N)c1ccccc1Nc1cccc(C(F)(F)F)c1. The Morgan fingerprint density at radius 1 is 1.18 bits per heavy atom. The topological polar surface area (TPSA) is 114 Å². The summed E-state index contributed by atoms with van der Waals surface area (Å²) in [4.78, 5) is 10.3. The molecule has 2 aromatic carbocycles. The highest BCUT2D eigenvalue weighted by molar-refractivity contribution is 6.00. The van der Waals surface area contributed by atoms with Crippen LogP contribution in [0.25, 0.3) is 0 Å². The number of amidine groups is 1. The lowest BCUT2D eigenvalue weighted by Gasteiger charge is -2.13. The van der Waals surface area contributed by atoms with Crippen molar-refractivity contribution in [1.82, 2.24) is 0 Å². The van der Waals surface area contributed by atoms with Crippen LogP contribution in [0.5, 0.6) is 0 Å². The lowest BCUT2D eigenvalue weighted by Crippen LogP contribution is -2.13. The number of hydrogen-bond donors (Lipinski definition) is 4. The maximum absolute atomic E-state index is 12.6. The van der Waals surface area contributed by atoms with E-state index in [1.807, 2.05) is 0 Å². The third-order valence-electron chi connectivity index (χ3n) is 3.34. The zero-order chi connectivity index (χ0) is 21.2. The highest BCUT2D eigenvalue weighted by Gasteiger charge is 2.30. The molecule has 0 aliphatic rings. The van der Waals surface area contributed by atoms with Crippen LogP contribution in [0.1, 0.15) is 24.5 Å². The van der Waals surface area contributed by atoms with Gasteiger partial charge in [-0.3, -0.25) is 10.2 Å². The van der Waals surface area contributed by atoms with Crippen molar-refractivity contribution < 1.29 is 22.7 Å². The third-order valence-corrected chi connectivity index (χ3v) is 3.34. The van der Waals surface area contributed by atoms with E-state index in [0.29, 0.717) is 30.8 Å². The molecule has 6 N–H and O–H groups in total. The second-order valence-electron chi connectivity index (χ2n) is 5.51.